The molecular weight excluding hydrogens is 323 g/mol. The molecule has 0 atom stereocenters. The van der Waals surface area contributed by atoms with Gasteiger partial charge in [0.1, 0.15) is 11.3 Å². The first kappa shape index (κ1) is 14.6. The number of aromatic carboxylic acids is 1. The predicted octanol–water partition coefficient (Wildman–Crippen LogP) is 2.58. The van der Waals surface area contributed by atoms with Crippen LogP contribution in [0.3, 0.4) is 0 Å². The van der Waals surface area contributed by atoms with Crippen molar-refractivity contribution in [1.29, 1.82) is 0 Å². The van der Waals surface area contributed by atoms with Crippen molar-refractivity contribution >= 4 is 21.9 Å². The molecule has 0 radical (unpaired) electrons. The highest BCUT2D eigenvalue weighted by atomic mass is 79.9. The molecule has 5 nitrogen and oxygen atoms in total. The second-order valence-corrected chi connectivity index (χ2v) is 3.54. The topological polar surface area (TPSA) is 68.7 Å². The van der Waals surface area contributed by atoms with E-state index < -0.39 is 23.8 Å². The minimum Gasteiger partial charge on any atom is -0.495 e. The van der Waals surface area contributed by atoms with E-state index in [1.165, 1.54) is 7.11 Å². The summed E-state index contributed by atoms with van der Waals surface area (Å²) in [6.45, 7) is 0. The number of hydrogen-bond acceptors (Lipinski definition) is 4. The molecule has 0 aromatic carbocycles. The number of nitrogens with zero attached hydrogens (tertiary/aromatic N) is 1. The van der Waals surface area contributed by atoms with Crippen LogP contribution in [-0.4, -0.2) is 29.5 Å². The number of carbonyl (C=O) groups is 1. The summed E-state index contributed by atoms with van der Waals surface area (Å²) in [5.41, 5.74) is -0.629. The van der Waals surface area contributed by atoms with Gasteiger partial charge in [-0.25, -0.2) is 9.78 Å². The summed E-state index contributed by atoms with van der Waals surface area (Å²) < 4.78 is 44.7. The molecule has 0 unspecified atom stereocenters. The SMILES string of the molecule is COc1cc(C(=O)O)c(OC(F)(F)F)nc1CBr. The third-order valence-electron chi connectivity index (χ3n) is 1.82. The lowest BCUT2D eigenvalue weighted by atomic mass is 10.2. The van der Waals surface area contributed by atoms with Crippen molar-refractivity contribution in [1.82, 2.24) is 4.98 Å². The molecule has 0 aliphatic carbocycles. The Labute approximate surface area is 108 Å². The van der Waals surface area contributed by atoms with Crippen molar-refractivity contribution in [2.75, 3.05) is 7.11 Å². The average Bonchev–Trinajstić information content (AvgIpc) is 2.25. The number of ether oxygens (including phenoxy) is 2. The second kappa shape index (κ2) is 5.42. The highest BCUT2D eigenvalue weighted by Crippen LogP contribution is 2.30. The van der Waals surface area contributed by atoms with Crippen LogP contribution in [-0.2, 0) is 5.33 Å². The zero-order valence-corrected chi connectivity index (χ0v) is 10.5. The van der Waals surface area contributed by atoms with Crippen molar-refractivity contribution in [3.05, 3.63) is 17.3 Å². The van der Waals surface area contributed by atoms with Crippen LogP contribution in [0.5, 0.6) is 11.6 Å². The molecule has 9 heteroatoms. The van der Waals surface area contributed by atoms with Gasteiger partial charge in [-0.3, -0.25) is 0 Å². The molecule has 1 aromatic rings. The molecule has 100 valence electrons. The average molecular weight is 330 g/mol. The summed E-state index contributed by atoms with van der Waals surface area (Å²) in [7, 11) is 1.25. The van der Waals surface area contributed by atoms with Crippen LogP contribution in [0, 0.1) is 0 Å². The molecule has 0 aliphatic heterocycles. The predicted molar refractivity (Wildman–Crippen MR) is 57.1 cm³/mol. The van der Waals surface area contributed by atoms with Gasteiger partial charge in [0, 0.05) is 11.4 Å². The number of hydrogen-bond donors (Lipinski definition) is 1. The van der Waals surface area contributed by atoms with E-state index in [4.69, 9.17) is 9.84 Å². The second-order valence-electron chi connectivity index (χ2n) is 2.98. The van der Waals surface area contributed by atoms with Crippen molar-refractivity contribution in [3.63, 3.8) is 0 Å². The Morgan fingerprint density at radius 2 is 2.17 bits per heavy atom. The van der Waals surface area contributed by atoms with Crippen molar-refractivity contribution in [2.24, 2.45) is 0 Å². The lowest BCUT2D eigenvalue weighted by molar-refractivity contribution is -0.276. The first-order chi connectivity index (χ1) is 8.28. The van der Waals surface area contributed by atoms with E-state index in [-0.39, 0.29) is 16.8 Å². The molecule has 1 N–H and O–H groups in total. The highest BCUT2D eigenvalue weighted by molar-refractivity contribution is 9.08. The fourth-order valence-electron chi connectivity index (χ4n) is 1.13. The molecular formula is C9H7BrF3NO4. The number of carboxylic acid groups (broad SMARTS) is 1. The maximum atomic E-state index is 12.1. The van der Waals surface area contributed by atoms with Crippen LogP contribution in [0.1, 0.15) is 16.1 Å². The molecule has 1 heterocycles. The first-order valence-corrected chi connectivity index (χ1v) is 5.53. The fourth-order valence-corrected chi connectivity index (χ4v) is 1.53. The van der Waals surface area contributed by atoms with Gasteiger partial charge in [-0.15, -0.1) is 13.2 Å². The smallest absolute Gasteiger partial charge is 0.495 e. The zero-order valence-electron chi connectivity index (χ0n) is 8.92. The summed E-state index contributed by atoms with van der Waals surface area (Å²) in [6, 6.07) is 0.924. The molecule has 0 saturated heterocycles. The third-order valence-corrected chi connectivity index (χ3v) is 2.35. The molecule has 18 heavy (non-hydrogen) atoms. The Balaban J connectivity index is 3.33. The monoisotopic (exact) mass is 329 g/mol. The normalized spacial score (nSPS) is 11.2. The fraction of sp³-hybridized carbons (Fsp3) is 0.333. The maximum Gasteiger partial charge on any atom is 0.574 e. The molecule has 0 amide bonds. The number of carboxylic acids is 1. The molecule has 0 aliphatic rings. The number of methoxy groups -OCH3 is 1. The molecule has 0 spiro atoms. The lowest BCUT2D eigenvalue weighted by Crippen LogP contribution is -2.20. The van der Waals surface area contributed by atoms with Gasteiger partial charge in [0.15, 0.2) is 0 Å². The minimum atomic E-state index is -5.02. The molecule has 1 rings (SSSR count). The standard InChI is InChI=1S/C9H7BrF3NO4/c1-17-6-2-4(8(15)16)7(14-5(6)3-10)18-9(11,12)13/h2H,3H2,1H3,(H,15,16). The molecule has 1 aromatic heterocycles. The summed E-state index contributed by atoms with van der Waals surface area (Å²) in [5, 5.41) is 8.88. The Morgan fingerprint density at radius 3 is 2.56 bits per heavy atom. The summed E-state index contributed by atoms with van der Waals surface area (Å²) in [5.74, 6) is -2.56. The molecule has 0 fully saturated rings. The van der Waals surface area contributed by atoms with Crippen LogP contribution in [0.2, 0.25) is 0 Å². The van der Waals surface area contributed by atoms with E-state index in [1.807, 2.05) is 0 Å². The van der Waals surface area contributed by atoms with Gasteiger partial charge in [0.25, 0.3) is 0 Å². The van der Waals surface area contributed by atoms with Gasteiger partial charge in [0.2, 0.25) is 5.88 Å². The third kappa shape index (κ3) is 3.49. The van der Waals surface area contributed by atoms with Crippen molar-refractivity contribution in [2.45, 2.75) is 11.7 Å². The van der Waals surface area contributed by atoms with Crippen LogP contribution < -0.4 is 9.47 Å². The maximum absolute atomic E-state index is 12.1. The Kier molecular flexibility index (Phi) is 4.38. The highest BCUT2D eigenvalue weighted by Gasteiger charge is 2.34. The first-order valence-electron chi connectivity index (χ1n) is 4.41. The van der Waals surface area contributed by atoms with E-state index in [1.54, 1.807) is 0 Å². The number of rotatable bonds is 4. The zero-order chi connectivity index (χ0) is 13.9. The summed E-state index contributed by atoms with van der Waals surface area (Å²) >= 11 is 3.00. The van der Waals surface area contributed by atoms with Crippen LogP contribution in [0.15, 0.2) is 6.07 Å². The summed E-state index contributed by atoms with van der Waals surface area (Å²) in [4.78, 5) is 14.3. The molecule has 0 bridgehead atoms. The van der Waals surface area contributed by atoms with E-state index in [2.05, 4.69) is 25.7 Å². The summed E-state index contributed by atoms with van der Waals surface area (Å²) in [6.07, 6.45) is -5.02. The van der Waals surface area contributed by atoms with Gasteiger partial charge < -0.3 is 14.6 Å². The van der Waals surface area contributed by atoms with E-state index >= 15 is 0 Å². The molecule has 0 saturated carbocycles. The number of pyridine rings is 1. The van der Waals surface area contributed by atoms with Gasteiger partial charge in [-0.1, -0.05) is 15.9 Å². The number of halogens is 4. The van der Waals surface area contributed by atoms with E-state index in [0.717, 1.165) is 6.07 Å². The quantitative estimate of drug-likeness (QED) is 0.860. The Hall–Kier alpha value is -1.51. The Bertz CT molecular complexity index is 464. The van der Waals surface area contributed by atoms with E-state index in [9.17, 15) is 18.0 Å². The van der Waals surface area contributed by atoms with Crippen molar-refractivity contribution < 1.29 is 32.5 Å². The van der Waals surface area contributed by atoms with Gasteiger partial charge in [-0.2, -0.15) is 0 Å². The number of alkyl halides is 4. The minimum absolute atomic E-state index is 0.0544. The van der Waals surface area contributed by atoms with Gasteiger partial charge >= 0.3 is 12.3 Å². The van der Waals surface area contributed by atoms with Crippen LogP contribution >= 0.6 is 15.9 Å². The largest absolute Gasteiger partial charge is 0.574 e. The van der Waals surface area contributed by atoms with Crippen LogP contribution in [0.25, 0.3) is 0 Å². The van der Waals surface area contributed by atoms with Gasteiger partial charge in [-0.05, 0) is 0 Å². The van der Waals surface area contributed by atoms with Gasteiger partial charge in [0.05, 0.1) is 12.8 Å². The van der Waals surface area contributed by atoms with E-state index in [0.29, 0.717) is 0 Å². The number of aromatic nitrogens is 1. The lowest BCUT2D eigenvalue weighted by Gasteiger charge is -2.13. The van der Waals surface area contributed by atoms with Crippen molar-refractivity contribution in [3.8, 4) is 11.6 Å². The van der Waals surface area contributed by atoms with Crippen LogP contribution in [0.4, 0.5) is 13.2 Å². The Morgan fingerprint density at radius 1 is 1.56 bits per heavy atom.